The van der Waals surface area contributed by atoms with Crippen molar-refractivity contribution in [1.29, 1.82) is 0 Å². The second-order valence-corrected chi connectivity index (χ2v) is 11.8. The quantitative estimate of drug-likeness (QED) is 0.783. The molecule has 154 valence electrons. The Balaban J connectivity index is 1.61. The molecule has 3 heterocycles. The standard InChI is InChI=1S/C20H30N4O3S/c1-20(2,3)12-24-17-7-6-16(21-18(17)22(4)19(24)25)13-8-14-10-23(28(5,26)27)11-15(14)9-13/h6-7,13-15H,8-12H2,1-5H3. The van der Waals surface area contributed by atoms with Gasteiger partial charge in [0.1, 0.15) is 0 Å². The van der Waals surface area contributed by atoms with Gasteiger partial charge in [0.15, 0.2) is 5.65 Å². The molecule has 1 aliphatic carbocycles. The minimum Gasteiger partial charge on any atom is -0.290 e. The van der Waals surface area contributed by atoms with E-state index in [1.54, 1.807) is 15.9 Å². The first-order chi connectivity index (χ1) is 12.9. The van der Waals surface area contributed by atoms with Crippen LogP contribution < -0.4 is 5.69 Å². The van der Waals surface area contributed by atoms with Crippen LogP contribution in [-0.4, -0.2) is 46.2 Å². The van der Waals surface area contributed by atoms with Gasteiger partial charge >= 0.3 is 5.69 Å². The van der Waals surface area contributed by atoms with Gasteiger partial charge in [-0.1, -0.05) is 20.8 Å². The maximum Gasteiger partial charge on any atom is 0.330 e. The molecule has 8 heteroatoms. The first-order valence-electron chi connectivity index (χ1n) is 9.95. The van der Waals surface area contributed by atoms with Gasteiger partial charge < -0.3 is 0 Å². The number of hydrogen-bond acceptors (Lipinski definition) is 4. The molecule has 1 aliphatic heterocycles. The van der Waals surface area contributed by atoms with Crippen LogP contribution in [0.15, 0.2) is 16.9 Å². The summed E-state index contributed by atoms with van der Waals surface area (Å²) >= 11 is 0. The van der Waals surface area contributed by atoms with Gasteiger partial charge in [0.05, 0.1) is 11.8 Å². The van der Waals surface area contributed by atoms with Gasteiger partial charge in [-0.3, -0.25) is 9.13 Å². The molecular formula is C20H30N4O3S. The van der Waals surface area contributed by atoms with Gasteiger partial charge in [0.25, 0.3) is 0 Å². The van der Waals surface area contributed by atoms with Crippen molar-refractivity contribution >= 4 is 21.2 Å². The summed E-state index contributed by atoms with van der Waals surface area (Å²) in [6, 6.07) is 4.09. The third kappa shape index (κ3) is 3.41. The Morgan fingerprint density at radius 1 is 1.14 bits per heavy atom. The van der Waals surface area contributed by atoms with Gasteiger partial charge in [-0.05, 0) is 42.2 Å². The zero-order valence-electron chi connectivity index (χ0n) is 17.3. The van der Waals surface area contributed by atoms with Gasteiger partial charge in [-0.15, -0.1) is 0 Å². The summed E-state index contributed by atoms with van der Waals surface area (Å²) < 4.78 is 28.7. The van der Waals surface area contributed by atoms with Crippen LogP contribution in [0.5, 0.6) is 0 Å². The lowest BCUT2D eigenvalue weighted by atomic mass is 9.97. The summed E-state index contributed by atoms with van der Waals surface area (Å²) in [5.74, 6) is 1.15. The van der Waals surface area contributed by atoms with Crippen LogP contribution in [0.25, 0.3) is 11.2 Å². The maximum atomic E-state index is 12.7. The fraction of sp³-hybridized carbons (Fsp3) is 0.700. The number of nitrogens with zero attached hydrogens (tertiary/aromatic N) is 4. The summed E-state index contributed by atoms with van der Waals surface area (Å²) in [5, 5.41) is 0. The lowest BCUT2D eigenvalue weighted by molar-refractivity contribution is 0.342. The molecule has 0 N–H and O–H groups in total. The third-order valence-electron chi connectivity index (χ3n) is 6.24. The van der Waals surface area contributed by atoms with Crippen LogP contribution in [0.2, 0.25) is 0 Å². The Hall–Kier alpha value is -1.67. The van der Waals surface area contributed by atoms with Crippen LogP contribution in [0, 0.1) is 17.3 Å². The summed E-state index contributed by atoms with van der Waals surface area (Å²) in [4.78, 5) is 17.6. The normalized spacial score (nSPS) is 26.2. The topological polar surface area (TPSA) is 77.2 Å². The van der Waals surface area contributed by atoms with Crippen LogP contribution in [0.3, 0.4) is 0 Å². The van der Waals surface area contributed by atoms with Crippen LogP contribution in [-0.2, 0) is 23.6 Å². The summed E-state index contributed by atoms with van der Waals surface area (Å²) in [6.07, 6.45) is 3.22. The Labute approximate surface area is 166 Å². The molecule has 2 unspecified atom stereocenters. The highest BCUT2D eigenvalue weighted by molar-refractivity contribution is 7.88. The molecule has 7 nitrogen and oxygen atoms in total. The average molecular weight is 407 g/mol. The van der Waals surface area contributed by atoms with Crippen molar-refractivity contribution in [2.24, 2.45) is 24.3 Å². The van der Waals surface area contributed by atoms with E-state index in [9.17, 15) is 13.2 Å². The predicted molar refractivity (Wildman–Crippen MR) is 110 cm³/mol. The van der Waals surface area contributed by atoms with E-state index in [4.69, 9.17) is 4.98 Å². The van der Waals surface area contributed by atoms with E-state index >= 15 is 0 Å². The van der Waals surface area contributed by atoms with E-state index in [1.165, 1.54) is 6.26 Å². The highest BCUT2D eigenvalue weighted by Crippen LogP contribution is 2.46. The molecule has 2 atom stereocenters. The first kappa shape index (κ1) is 19.6. The first-order valence-corrected chi connectivity index (χ1v) is 11.8. The van der Waals surface area contributed by atoms with E-state index in [1.807, 2.05) is 10.6 Å². The highest BCUT2D eigenvalue weighted by Gasteiger charge is 2.44. The number of hydrogen-bond donors (Lipinski definition) is 0. The Kier molecular flexibility index (Phi) is 4.50. The molecule has 0 radical (unpaired) electrons. The third-order valence-corrected chi connectivity index (χ3v) is 7.48. The fourth-order valence-electron chi connectivity index (χ4n) is 4.91. The molecule has 2 fully saturated rings. The molecule has 0 spiro atoms. The largest absolute Gasteiger partial charge is 0.330 e. The van der Waals surface area contributed by atoms with E-state index in [0.29, 0.717) is 37.4 Å². The minimum absolute atomic E-state index is 0.00513. The van der Waals surface area contributed by atoms with Crippen molar-refractivity contribution in [1.82, 2.24) is 18.4 Å². The molecule has 2 aliphatic rings. The minimum atomic E-state index is -3.10. The number of aryl methyl sites for hydroxylation is 1. The zero-order chi connectivity index (χ0) is 20.4. The Morgan fingerprint density at radius 3 is 2.29 bits per heavy atom. The van der Waals surface area contributed by atoms with Crippen molar-refractivity contribution < 1.29 is 8.42 Å². The van der Waals surface area contributed by atoms with Crippen LogP contribution >= 0.6 is 0 Å². The van der Waals surface area contributed by atoms with Crippen molar-refractivity contribution in [3.63, 3.8) is 0 Å². The molecule has 1 saturated carbocycles. The molecule has 0 aromatic carbocycles. The second kappa shape index (κ2) is 6.42. The summed E-state index contributed by atoms with van der Waals surface area (Å²) in [5.41, 5.74) is 2.62. The number of pyridine rings is 1. The Bertz CT molecular complexity index is 1060. The summed E-state index contributed by atoms with van der Waals surface area (Å²) in [6.45, 7) is 8.27. The van der Waals surface area contributed by atoms with Gasteiger partial charge in [0, 0.05) is 38.3 Å². The Morgan fingerprint density at radius 2 is 1.75 bits per heavy atom. The number of aromatic nitrogens is 3. The molecule has 1 saturated heterocycles. The van der Waals surface area contributed by atoms with E-state index in [2.05, 4.69) is 26.8 Å². The molecule has 0 bridgehead atoms. The average Bonchev–Trinajstić information content (AvgIpc) is 3.21. The maximum absolute atomic E-state index is 12.7. The fourth-order valence-corrected chi connectivity index (χ4v) is 5.84. The monoisotopic (exact) mass is 406 g/mol. The second-order valence-electron chi connectivity index (χ2n) is 9.84. The molecule has 4 rings (SSSR count). The molecule has 0 amide bonds. The van der Waals surface area contributed by atoms with Gasteiger partial charge in [-0.25, -0.2) is 22.5 Å². The summed E-state index contributed by atoms with van der Waals surface area (Å²) in [7, 11) is -1.32. The number of fused-ring (bicyclic) bond motifs is 2. The van der Waals surface area contributed by atoms with E-state index < -0.39 is 10.0 Å². The number of imidazole rings is 1. The highest BCUT2D eigenvalue weighted by atomic mass is 32.2. The molecule has 28 heavy (non-hydrogen) atoms. The van der Waals surface area contributed by atoms with E-state index in [-0.39, 0.29) is 11.1 Å². The zero-order valence-corrected chi connectivity index (χ0v) is 18.2. The molecule has 2 aromatic heterocycles. The van der Waals surface area contributed by atoms with Crippen molar-refractivity contribution in [2.45, 2.75) is 46.1 Å². The lowest BCUT2D eigenvalue weighted by Crippen LogP contribution is -2.28. The predicted octanol–water partition coefficient (Wildman–Crippen LogP) is 2.17. The van der Waals surface area contributed by atoms with Gasteiger partial charge in [0.2, 0.25) is 10.0 Å². The molecular weight excluding hydrogens is 376 g/mol. The van der Waals surface area contributed by atoms with Crippen molar-refractivity contribution in [3.05, 3.63) is 28.3 Å². The lowest BCUT2D eigenvalue weighted by Gasteiger charge is -2.19. The number of rotatable bonds is 3. The van der Waals surface area contributed by atoms with E-state index in [0.717, 1.165) is 29.7 Å². The van der Waals surface area contributed by atoms with Crippen LogP contribution in [0.1, 0.15) is 45.2 Å². The van der Waals surface area contributed by atoms with Crippen molar-refractivity contribution in [3.8, 4) is 0 Å². The SMILES string of the molecule is Cn1c(=O)n(CC(C)(C)C)c2ccc(C3CC4CN(S(C)(=O)=O)CC4C3)nc21. The number of sulfonamides is 1. The smallest absolute Gasteiger partial charge is 0.290 e. The van der Waals surface area contributed by atoms with Gasteiger partial charge in [-0.2, -0.15) is 0 Å². The van der Waals surface area contributed by atoms with Crippen LogP contribution in [0.4, 0.5) is 0 Å². The molecule has 2 aromatic rings. The van der Waals surface area contributed by atoms with Crippen molar-refractivity contribution in [2.75, 3.05) is 19.3 Å².